The number of carboxylic acid groups (broad SMARTS) is 1. The van der Waals surface area contributed by atoms with Gasteiger partial charge in [-0.05, 0) is 29.8 Å². The van der Waals surface area contributed by atoms with Crippen molar-refractivity contribution < 1.29 is 115 Å². The molecule has 3 aromatic rings. The molecule has 1 saturated heterocycles. The van der Waals surface area contributed by atoms with Crippen molar-refractivity contribution in [3.8, 4) is 22.6 Å². The van der Waals surface area contributed by atoms with Gasteiger partial charge in [0.1, 0.15) is 47.8 Å². The second-order valence-electron chi connectivity index (χ2n) is 7.49. The van der Waals surface area contributed by atoms with Crippen molar-refractivity contribution in [1.29, 1.82) is 0 Å². The number of carbonyl (C=O) groups is 1. The van der Waals surface area contributed by atoms with Crippen LogP contribution in [0.4, 0.5) is 0 Å². The van der Waals surface area contributed by atoms with E-state index in [2.05, 4.69) is 4.18 Å². The molecule has 1 fully saturated rings. The Morgan fingerprint density at radius 1 is 0.946 bits per heavy atom. The van der Waals surface area contributed by atoms with Gasteiger partial charge >= 0.3 is 59.1 Å². The fourth-order valence-electron chi connectivity index (χ4n) is 3.46. The molecule has 3 N–H and O–H groups in total. The van der Waals surface area contributed by atoms with Crippen molar-refractivity contribution in [2.45, 2.75) is 30.7 Å². The molecule has 4 rings (SSSR count). The van der Waals surface area contributed by atoms with E-state index in [1.54, 1.807) is 0 Å². The molecule has 37 heavy (non-hydrogen) atoms. The molecule has 0 aliphatic carbocycles. The molecule has 0 spiro atoms. The number of carboxylic acids is 1. The van der Waals surface area contributed by atoms with Gasteiger partial charge in [-0.1, -0.05) is 12.1 Å². The van der Waals surface area contributed by atoms with E-state index in [0.29, 0.717) is 5.56 Å². The Morgan fingerprint density at radius 3 is 2.16 bits per heavy atom. The van der Waals surface area contributed by atoms with Crippen LogP contribution in [0.3, 0.4) is 0 Å². The second-order valence-corrected chi connectivity index (χ2v) is 8.47. The van der Waals surface area contributed by atoms with Crippen LogP contribution >= 0.6 is 0 Å². The number of hydrogen-bond donors (Lipinski definition) is 3. The molecule has 13 nitrogen and oxygen atoms in total. The normalized spacial score (nSPS) is 23.4. The molecule has 5 atom stereocenters. The van der Waals surface area contributed by atoms with E-state index in [1.165, 1.54) is 30.3 Å². The zero-order valence-corrected chi connectivity index (χ0v) is 24.2. The smallest absolute Gasteiger partial charge is 0.716 e. The maximum Gasteiger partial charge on any atom is 1.00 e. The first kappa shape index (κ1) is 31.7. The van der Waals surface area contributed by atoms with Crippen LogP contribution in [0.2, 0.25) is 0 Å². The van der Waals surface area contributed by atoms with E-state index in [0.717, 1.165) is 18.4 Å². The van der Waals surface area contributed by atoms with Crippen molar-refractivity contribution in [3.63, 3.8) is 0 Å². The summed E-state index contributed by atoms with van der Waals surface area (Å²) in [5, 5.41) is 40.7. The van der Waals surface area contributed by atoms with Crippen LogP contribution in [0.25, 0.3) is 22.1 Å². The monoisotopic (exact) mass is 554 g/mol. The molecule has 0 saturated carbocycles. The number of carbonyl (C=O) groups excluding carboxylic acids is 1. The summed E-state index contributed by atoms with van der Waals surface area (Å²) >= 11 is 0. The molecular formula is C21H16Na2O13S. The molecule has 1 aliphatic heterocycles. The van der Waals surface area contributed by atoms with Gasteiger partial charge in [0, 0.05) is 6.07 Å². The van der Waals surface area contributed by atoms with Crippen LogP contribution in [0.5, 0.6) is 11.5 Å². The molecule has 0 unspecified atom stereocenters. The molecule has 2 heterocycles. The topological polar surface area (TPSA) is 216 Å². The number of hydrogen-bond acceptors (Lipinski definition) is 13. The van der Waals surface area contributed by atoms with Crippen LogP contribution in [0.1, 0.15) is 0 Å². The van der Waals surface area contributed by atoms with Gasteiger partial charge in [0.2, 0.25) is 6.29 Å². The molecular weight excluding hydrogens is 538 g/mol. The minimum atomic E-state index is -5.00. The van der Waals surface area contributed by atoms with Crippen LogP contribution in [0.15, 0.2) is 57.9 Å². The van der Waals surface area contributed by atoms with Gasteiger partial charge in [-0.15, -0.1) is 0 Å². The Hall–Kier alpha value is -1.53. The Balaban J connectivity index is 0.00000241. The average Bonchev–Trinajstić information content (AvgIpc) is 2.79. The Kier molecular flexibility index (Phi) is 10.7. The van der Waals surface area contributed by atoms with Gasteiger partial charge in [-0.2, -0.15) is 0 Å². The van der Waals surface area contributed by atoms with Crippen molar-refractivity contribution in [3.05, 3.63) is 59.0 Å². The van der Waals surface area contributed by atoms with Crippen LogP contribution in [-0.2, 0) is 19.9 Å². The van der Waals surface area contributed by atoms with Gasteiger partial charge in [0.15, 0.2) is 5.43 Å². The zero-order chi connectivity index (χ0) is 25.5. The first-order chi connectivity index (χ1) is 16.4. The quantitative estimate of drug-likeness (QED) is 0.147. The maximum atomic E-state index is 12.9. The fraction of sp³-hybridized carbons (Fsp3) is 0.238. The molecule has 0 amide bonds. The summed E-state index contributed by atoms with van der Waals surface area (Å²) in [6.45, 7) is 0. The Bertz CT molecular complexity index is 1420. The summed E-state index contributed by atoms with van der Waals surface area (Å²) < 4.78 is 52.2. The molecule has 0 bridgehead atoms. The number of fused-ring (bicyclic) bond motifs is 1. The Morgan fingerprint density at radius 2 is 1.57 bits per heavy atom. The standard InChI is InChI=1S/C21H18O13S.2Na/c22-15-12-6-5-11(34-35(28,29)30)7-14(12)31-8-13(15)9-1-3-10(4-2-9)32-21-18(25)16(23)17(24)19(33-21)20(26)27;;/h1-8,16-19,21,23-25H,(H,26,27)(H,28,29,30);;/q;2*+1/p-2/t16-,17-,18+,19-,21+;;/m0../s1. The van der Waals surface area contributed by atoms with Gasteiger partial charge in [-0.3, -0.25) is 4.79 Å². The van der Waals surface area contributed by atoms with Crippen LogP contribution in [-0.4, -0.2) is 65.0 Å². The third-order valence-electron chi connectivity index (χ3n) is 5.16. The van der Waals surface area contributed by atoms with E-state index in [4.69, 9.17) is 13.9 Å². The van der Waals surface area contributed by atoms with Gasteiger partial charge in [-0.25, -0.2) is 8.42 Å². The second kappa shape index (κ2) is 12.5. The predicted octanol–water partition coefficient (Wildman–Crippen LogP) is -7.76. The van der Waals surface area contributed by atoms with Crippen LogP contribution < -0.4 is 78.6 Å². The van der Waals surface area contributed by atoms with Crippen molar-refractivity contribution in [2.75, 3.05) is 0 Å². The molecule has 186 valence electrons. The molecule has 1 aromatic heterocycles. The van der Waals surface area contributed by atoms with Gasteiger partial charge in [0.25, 0.3) is 10.4 Å². The van der Waals surface area contributed by atoms with Crippen LogP contribution in [0, 0.1) is 0 Å². The minimum absolute atomic E-state index is 0. The van der Waals surface area contributed by atoms with E-state index in [-0.39, 0.29) is 87.1 Å². The van der Waals surface area contributed by atoms with E-state index >= 15 is 0 Å². The first-order valence-electron chi connectivity index (χ1n) is 9.83. The summed E-state index contributed by atoms with van der Waals surface area (Å²) in [5.74, 6) is -2.05. The number of rotatable bonds is 6. The molecule has 16 heteroatoms. The zero-order valence-electron chi connectivity index (χ0n) is 19.3. The Labute approximate surface area is 253 Å². The minimum Gasteiger partial charge on any atom is -0.716 e. The van der Waals surface area contributed by atoms with E-state index in [1.807, 2.05) is 0 Å². The van der Waals surface area contributed by atoms with Crippen molar-refractivity contribution in [2.24, 2.45) is 0 Å². The number of aliphatic carboxylic acids is 1. The molecule has 2 aromatic carbocycles. The SMILES string of the molecule is O=C([O-])[C@H]1O[C@@H](Oc2ccc(-c3coc4cc(OS(=O)(=O)[O-])ccc4c3=O)cc2)[C@H](O)[C@@H](O)[C@@H]1O.[Na+].[Na+]. The number of benzene rings is 2. The van der Waals surface area contributed by atoms with Crippen molar-refractivity contribution >= 4 is 27.3 Å². The number of ether oxygens (including phenoxy) is 2. The number of aliphatic hydroxyl groups excluding tert-OH is 3. The summed E-state index contributed by atoms with van der Waals surface area (Å²) in [7, 11) is -5.00. The first-order valence-corrected chi connectivity index (χ1v) is 11.2. The molecule has 0 radical (unpaired) electrons. The maximum absolute atomic E-state index is 12.9. The summed E-state index contributed by atoms with van der Waals surface area (Å²) in [6.07, 6.45) is -8.00. The van der Waals surface area contributed by atoms with Crippen molar-refractivity contribution in [1.82, 2.24) is 0 Å². The molecule has 1 aliphatic rings. The predicted molar refractivity (Wildman–Crippen MR) is 111 cm³/mol. The number of aliphatic hydroxyl groups is 3. The van der Waals surface area contributed by atoms with E-state index in [9.17, 15) is 43.0 Å². The third kappa shape index (κ3) is 7.11. The largest absolute Gasteiger partial charge is 1.00 e. The summed E-state index contributed by atoms with van der Waals surface area (Å²) in [4.78, 5) is 23.9. The summed E-state index contributed by atoms with van der Waals surface area (Å²) in [5.41, 5.74) is 0.00484. The third-order valence-corrected chi connectivity index (χ3v) is 5.56. The average molecular weight is 554 g/mol. The van der Waals surface area contributed by atoms with E-state index < -0.39 is 52.5 Å². The van der Waals surface area contributed by atoms with Gasteiger partial charge < -0.3 is 47.8 Å². The van der Waals surface area contributed by atoms with Gasteiger partial charge in [0.05, 0.1) is 16.9 Å². The fourth-order valence-corrected chi connectivity index (χ4v) is 3.80. The summed E-state index contributed by atoms with van der Waals surface area (Å²) in [6, 6.07) is 9.08.